The number of benzene rings is 2. The highest BCUT2D eigenvalue weighted by atomic mass is 16.7. The fourth-order valence-electron chi connectivity index (χ4n) is 3.47. The summed E-state index contributed by atoms with van der Waals surface area (Å²) in [6.07, 6.45) is 3.28. The van der Waals surface area contributed by atoms with Crippen LogP contribution < -0.4 is 14.8 Å². The van der Waals surface area contributed by atoms with E-state index in [2.05, 4.69) is 29.5 Å². The van der Waals surface area contributed by atoms with Crippen molar-refractivity contribution in [3.05, 3.63) is 71.6 Å². The van der Waals surface area contributed by atoms with Crippen molar-refractivity contribution in [2.24, 2.45) is 0 Å². The third kappa shape index (κ3) is 4.16. The Kier molecular flexibility index (Phi) is 5.33. The number of fused-ring (bicyclic) bond motifs is 1. The van der Waals surface area contributed by atoms with Crippen LogP contribution in [0.5, 0.6) is 11.5 Å². The molecule has 0 bridgehead atoms. The van der Waals surface area contributed by atoms with Crippen LogP contribution in [-0.4, -0.2) is 29.0 Å². The Morgan fingerprint density at radius 1 is 1.14 bits per heavy atom. The topological polar surface area (TPSA) is 65.4 Å². The van der Waals surface area contributed by atoms with Crippen LogP contribution in [0.2, 0.25) is 0 Å². The van der Waals surface area contributed by atoms with Crippen LogP contribution >= 0.6 is 0 Å². The highest BCUT2D eigenvalue weighted by Gasteiger charge is 2.13. The first-order valence-corrected chi connectivity index (χ1v) is 9.57. The molecular weight excluding hydrogens is 366 g/mol. The van der Waals surface area contributed by atoms with E-state index in [0.717, 1.165) is 33.8 Å². The van der Waals surface area contributed by atoms with Crippen molar-refractivity contribution in [2.75, 3.05) is 13.3 Å². The molecule has 1 amide bonds. The molecule has 1 aromatic heterocycles. The smallest absolute Gasteiger partial charge is 0.244 e. The van der Waals surface area contributed by atoms with Gasteiger partial charge < -0.3 is 14.8 Å². The molecule has 0 atom stereocenters. The van der Waals surface area contributed by atoms with Crippen molar-refractivity contribution < 1.29 is 14.3 Å². The van der Waals surface area contributed by atoms with Gasteiger partial charge in [-0.2, -0.15) is 5.10 Å². The van der Waals surface area contributed by atoms with Crippen LogP contribution in [0.15, 0.2) is 54.6 Å². The lowest BCUT2D eigenvalue weighted by molar-refractivity contribution is -0.116. The van der Waals surface area contributed by atoms with Crippen LogP contribution in [0.25, 0.3) is 17.2 Å². The average molecular weight is 389 g/mol. The number of nitrogens with zero attached hydrogens (tertiary/aromatic N) is 2. The third-order valence-corrected chi connectivity index (χ3v) is 4.89. The molecule has 0 saturated heterocycles. The van der Waals surface area contributed by atoms with Gasteiger partial charge in [-0.05, 0) is 43.2 Å². The molecule has 4 rings (SSSR count). The number of amides is 1. The van der Waals surface area contributed by atoms with Gasteiger partial charge in [-0.15, -0.1) is 0 Å². The second kappa shape index (κ2) is 8.22. The van der Waals surface area contributed by atoms with Gasteiger partial charge in [0.25, 0.3) is 0 Å². The molecule has 0 spiro atoms. The number of aryl methyl sites for hydroxylation is 1. The molecule has 148 valence electrons. The van der Waals surface area contributed by atoms with E-state index in [4.69, 9.17) is 9.47 Å². The number of ether oxygens (including phenoxy) is 2. The third-order valence-electron chi connectivity index (χ3n) is 4.89. The Morgan fingerprint density at radius 2 is 1.93 bits per heavy atom. The Morgan fingerprint density at radius 3 is 2.76 bits per heavy atom. The van der Waals surface area contributed by atoms with Crippen LogP contribution in [0, 0.1) is 13.8 Å². The lowest BCUT2D eigenvalue weighted by Gasteiger charge is -2.06. The van der Waals surface area contributed by atoms with Crippen LogP contribution in [0.1, 0.15) is 17.0 Å². The zero-order valence-electron chi connectivity index (χ0n) is 16.5. The first-order chi connectivity index (χ1) is 14.1. The summed E-state index contributed by atoms with van der Waals surface area (Å²) in [5, 5.41) is 7.54. The molecule has 1 aliphatic heterocycles. The molecule has 1 aliphatic rings. The summed E-state index contributed by atoms with van der Waals surface area (Å²) in [4.78, 5) is 12.1. The average Bonchev–Trinajstić information content (AvgIpc) is 3.30. The van der Waals surface area contributed by atoms with Gasteiger partial charge in [-0.3, -0.25) is 9.48 Å². The Hall–Kier alpha value is -3.54. The molecule has 0 radical (unpaired) electrons. The Labute approximate surface area is 169 Å². The summed E-state index contributed by atoms with van der Waals surface area (Å²) in [5.74, 6) is 1.28. The van der Waals surface area contributed by atoms with Crippen LogP contribution in [0.3, 0.4) is 0 Å². The lowest BCUT2D eigenvalue weighted by atomic mass is 10.0. The number of aromatic nitrogens is 2. The normalized spacial score (nSPS) is 12.5. The van der Waals surface area contributed by atoms with E-state index in [1.54, 1.807) is 6.08 Å². The molecule has 0 saturated carbocycles. The second-order valence-electron chi connectivity index (χ2n) is 6.87. The first-order valence-electron chi connectivity index (χ1n) is 9.57. The van der Waals surface area contributed by atoms with E-state index >= 15 is 0 Å². The number of hydrogen-bond donors (Lipinski definition) is 1. The summed E-state index contributed by atoms with van der Waals surface area (Å²) < 4.78 is 12.6. The van der Waals surface area contributed by atoms with Gasteiger partial charge in [-0.1, -0.05) is 36.4 Å². The summed E-state index contributed by atoms with van der Waals surface area (Å²) >= 11 is 0. The highest BCUT2D eigenvalue weighted by Crippen LogP contribution is 2.32. The minimum absolute atomic E-state index is 0.146. The van der Waals surface area contributed by atoms with Gasteiger partial charge >= 0.3 is 0 Å². The number of carbonyl (C=O) groups is 1. The number of hydrogen-bond acceptors (Lipinski definition) is 4. The first kappa shape index (κ1) is 18.8. The summed E-state index contributed by atoms with van der Waals surface area (Å²) in [7, 11) is 0. The van der Waals surface area contributed by atoms with Gasteiger partial charge in [-0.25, -0.2) is 0 Å². The maximum atomic E-state index is 12.1. The fraction of sp³-hybridized carbons (Fsp3) is 0.217. The van der Waals surface area contributed by atoms with E-state index in [9.17, 15) is 4.79 Å². The summed E-state index contributed by atoms with van der Waals surface area (Å²) in [5.41, 5.74) is 5.28. The molecule has 0 fully saturated rings. The van der Waals surface area contributed by atoms with Crippen molar-refractivity contribution in [1.29, 1.82) is 0 Å². The predicted molar refractivity (Wildman–Crippen MR) is 112 cm³/mol. The van der Waals surface area contributed by atoms with Crippen molar-refractivity contribution in [1.82, 2.24) is 15.1 Å². The number of carbonyl (C=O) groups excluding carboxylic acids is 1. The Balaban J connectivity index is 1.34. The molecular formula is C23H23N3O3. The predicted octanol–water partition coefficient (Wildman–Crippen LogP) is 3.73. The summed E-state index contributed by atoms with van der Waals surface area (Å²) in [6, 6.07) is 15.8. The molecule has 0 unspecified atom stereocenters. The Bertz CT molecular complexity index is 1050. The van der Waals surface area contributed by atoms with E-state index in [0.29, 0.717) is 18.8 Å². The van der Waals surface area contributed by atoms with Gasteiger partial charge in [0.15, 0.2) is 11.5 Å². The fourth-order valence-corrected chi connectivity index (χ4v) is 3.47. The van der Waals surface area contributed by atoms with Crippen LogP contribution in [0.4, 0.5) is 0 Å². The molecule has 3 aromatic rings. The number of rotatable bonds is 6. The zero-order chi connectivity index (χ0) is 20.2. The van der Waals surface area contributed by atoms with Crippen molar-refractivity contribution in [2.45, 2.75) is 20.4 Å². The second-order valence-corrected chi connectivity index (χ2v) is 6.87. The van der Waals surface area contributed by atoms with Gasteiger partial charge in [0.2, 0.25) is 12.7 Å². The molecule has 0 aliphatic carbocycles. The van der Waals surface area contributed by atoms with E-state index in [1.165, 1.54) is 6.08 Å². The minimum atomic E-state index is -0.146. The molecule has 2 aromatic carbocycles. The van der Waals surface area contributed by atoms with Crippen molar-refractivity contribution in [3.63, 3.8) is 0 Å². The molecule has 1 N–H and O–H groups in total. The van der Waals surface area contributed by atoms with Crippen molar-refractivity contribution >= 4 is 12.0 Å². The largest absolute Gasteiger partial charge is 0.454 e. The van der Waals surface area contributed by atoms with Crippen molar-refractivity contribution in [3.8, 4) is 22.6 Å². The molecule has 6 nitrogen and oxygen atoms in total. The standard InChI is InChI=1S/C23H23N3O3/c1-16-23(19-6-4-3-5-7-19)17(2)26(25-16)13-12-24-22(27)11-9-18-8-10-20-21(14-18)29-15-28-20/h3-11,14H,12-13,15H2,1-2H3,(H,24,27). The van der Waals surface area contributed by atoms with E-state index in [-0.39, 0.29) is 12.7 Å². The maximum absolute atomic E-state index is 12.1. The molecule has 29 heavy (non-hydrogen) atoms. The van der Waals surface area contributed by atoms with Crippen LogP contribution in [-0.2, 0) is 11.3 Å². The maximum Gasteiger partial charge on any atom is 0.244 e. The molecule has 6 heteroatoms. The van der Waals surface area contributed by atoms with Gasteiger partial charge in [0.05, 0.1) is 12.2 Å². The van der Waals surface area contributed by atoms with E-state index in [1.807, 2.05) is 48.0 Å². The lowest BCUT2D eigenvalue weighted by Crippen LogP contribution is -2.26. The van der Waals surface area contributed by atoms with Gasteiger partial charge in [0.1, 0.15) is 0 Å². The van der Waals surface area contributed by atoms with E-state index < -0.39 is 0 Å². The quantitative estimate of drug-likeness (QED) is 0.653. The highest BCUT2D eigenvalue weighted by molar-refractivity contribution is 5.91. The zero-order valence-corrected chi connectivity index (χ0v) is 16.5. The molecule has 2 heterocycles. The SMILES string of the molecule is Cc1nn(CCNC(=O)C=Cc2ccc3c(c2)OCO3)c(C)c1-c1ccccc1. The minimum Gasteiger partial charge on any atom is -0.454 e. The number of nitrogens with one attached hydrogen (secondary N) is 1. The monoisotopic (exact) mass is 389 g/mol. The summed E-state index contributed by atoms with van der Waals surface area (Å²) in [6.45, 7) is 5.42. The van der Waals surface area contributed by atoms with Gasteiger partial charge in [0, 0.05) is 23.9 Å².